The van der Waals surface area contributed by atoms with Crippen LogP contribution in [0, 0.1) is 5.92 Å². The lowest BCUT2D eigenvalue weighted by atomic mass is 9.83. The summed E-state index contributed by atoms with van der Waals surface area (Å²) in [5.41, 5.74) is 2.82. The standard InChI is InChI=1S/C18H24BrNO/c19-13-17-8-2-1-5-11-20(17)18(21)16-10-9-14-6-3-4-7-15(14)12-16/h3-4,6-7,16-17H,1-2,5,8-13H2. The van der Waals surface area contributed by atoms with Gasteiger partial charge < -0.3 is 4.90 Å². The molecule has 1 aliphatic heterocycles. The second-order valence-corrected chi connectivity index (χ2v) is 7.05. The quantitative estimate of drug-likeness (QED) is 0.740. The van der Waals surface area contributed by atoms with Crippen LogP contribution in [0.2, 0.25) is 0 Å². The van der Waals surface area contributed by atoms with E-state index in [9.17, 15) is 4.79 Å². The second-order valence-electron chi connectivity index (χ2n) is 6.40. The van der Waals surface area contributed by atoms with Gasteiger partial charge in [-0.25, -0.2) is 0 Å². The third kappa shape index (κ3) is 3.33. The lowest BCUT2D eigenvalue weighted by Gasteiger charge is -2.34. The molecule has 0 radical (unpaired) electrons. The Morgan fingerprint density at radius 3 is 2.76 bits per heavy atom. The molecule has 0 N–H and O–H groups in total. The Kier molecular flexibility index (Phi) is 4.99. The minimum atomic E-state index is 0.194. The molecule has 3 heteroatoms. The predicted octanol–water partition coefficient (Wildman–Crippen LogP) is 3.96. The fraction of sp³-hybridized carbons (Fsp3) is 0.611. The number of carbonyl (C=O) groups excluding carboxylic acids is 1. The first-order valence-electron chi connectivity index (χ1n) is 8.23. The Balaban J connectivity index is 1.73. The molecule has 2 unspecified atom stereocenters. The van der Waals surface area contributed by atoms with E-state index in [-0.39, 0.29) is 5.92 Å². The average Bonchev–Trinajstić information content (AvgIpc) is 2.79. The molecule has 1 amide bonds. The topological polar surface area (TPSA) is 20.3 Å². The molecular formula is C18H24BrNO. The molecular weight excluding hydrogens is 326 g/mol. The Morgan fingerprint density at radius 2 is 1.95 bits per heavy atom. The predicted molar refractivity (Wildman–Crippen MR) is 89.7 cm³/mol. The van der Waals surface area contributed by atoms with Crippen LogP contribution in [0.4, 0.5) is 0 Å². The van der Waals surface area contributed by atoms with Gasteiger partial charge in [-0.15, -0.1) is 0 Å². The summed E-state index contributed by atoms with van der Waals surface area (Å²) < 4.78 is 0. The molecule has 0 aromatic heterocycles. The van der Waals surface area contributed by atoms with Crippen LogP contribution in [0.15, 0.2) is 24.3 Å². The number of fused-ring (bicyclic) bond motifs is 1. The minimum absolute atomic E-state index is 0.194. The van der Waals surface area contributed by atoms with Crippen LogP contribution in [0.1, 0.15) is 43.2 Å². The van der Waals surface area contributed by atoms with Gasteiger partial charge in [0.15, 0.2) is 0 Å². The molecule has 1 aromatic carbocycles. The molecule has 1 fully saturated rings. The highest BCUT2D eigenvalue weighted by atomic mass is 79.9. The number of amides is 1. The Hall–Kier alpha value is -0.830. The van der Waals surface area contributed by atoms with Gasteiger partial charge in [0.1, 0.15) is 0 Å². The molecule has 2 atom stereocenters. The van der Waals surface area contributed by atoms with Crippen molar-refractivity contribution in [2.45, 2.75) is 51.0 Å². The molecule has 3 rings (SSSR count). The molecule has 2 nitrogen and oxygen atoms in total. The number of likely N-dealkylation sites (tertiary alicyclic amines) is 1. The summed E-state index contributed by atoms with van der Waals surface area (Å²) in [6.45, 7) is 0.952. The number of benzene rings is 1. The highest BCUT2D eigenvalue weighted by molar-refractivity contribution is 9.09. The van der Waals surface area contributed by atoms with E-state index in [1.807, 2.05) is 0 Å². The molecule has 0 bridgehead atoms. The fourth-order valence-corrected chi connectivity index (χ4v) is 4.44. The lowest BCUT2D eigenvalue weighted by Crippen LogP contribution is -2.45. The van der Waals surface area contributed by atoms with Crippen molar-refractivity contribution in [1.82, 2.24) is 4.90 Å². The summed E-state index contributed by atoms with van der Waals surface area (Å²) in [7, 11) is 0. The Labute approximate surface area is 136 Å². The molecule has 2 aliphatic rings. The van der Waals surface area contributed by atoms with Crippen molar-refractivity contribution in [2.75, 3.05) is 11.9 Å². The van der Waals surface area contributed by atoms with Gasteiger partial charge in [0.25, 0.3) is 0 Å². The molecule has 1 aromatic rings. The summed E-state index contributed by atoms with van der Waals surface area (Å²) in [4.78, 5) is 15.2. The average molecular weight is 350 g/mol. The van der Waals surface area contributed by atoms with E-state index in [1.54, 1.807) is 0 Å². The molecule has 0 saturated carbocycles. The number of rotatable bonds is 2. The molecule has 21 heavy (non-hydrogen) atoms. The van der Waals surface area contributed by atoms with Crippen molar-refractivity contribution in [3.05, 3.63) is 35.4 Å². The largest absolute Gasteiger partial charge is 0.339 e. The number of nitrogens with zero attached hydrogens (tertiary/aromatic N) is 1. The zero-order valence-electron chi connectivity index (χ0n) is 12.6. The fourth-order valence-electron chi connectivity index (χ4n) is 3.77. The van der Waals surface area contributed by atoms with E-state index >= 15 is 0 Å². The van der Waals surface area contributed by atoms with E-state index in [0.29, 0.717) is 11.9 Å². The van der Waals surface area contributed by atoms with Crippen LogP contribution in [0.25, 0.3) is 0 Å². The van der Waals surface area contributed by atoms with E-state index in [1.165, 1.54) is 30.4 Å². The molecule has 114 valence electrons. The van der Waals surface area contributed by atoms with Gasteiger partial charge in [0.05, 0.1) is 0 Å². The summed E-state index contributed by atoms with van der Waals surface area (Å²) in [5.74, 6) is 0.593. The number of aryl methyl sites for hydroxylation is 1. The highest BCUT2D eigenvalue weighted by Gasteiger charge is 2.32. The van der Waals surface area contributed by atoms with E-state index in [2.05, 4.69) is 45.1 Å². The number of carbonyl (C=O) groups is 1. The number of alkyl halides is 1. The maximum absolute atomic E-state index is 13.0. The molecule has 1 heterocycles. The van der Waals surface area contributed by atoms with E-state index < -0.39 is 0 Å². The maximum atomic E-state index is 13.0. The summed E-state index contributed by atoms with van der Waals surface area (Å²) in [5, 5.41) is 0.919. The SMILES string of the molecule is O=C(C1CCc2ccccc2C1)N1CCCCCC1CBr. The van der Waals surface area contributed by atoms with Gasteiger partial charge in [-0.1, -0.05) is 53.0 Å². The van der Waals surface area contributed by atoms with Gasteiger partial charge in [-0.05, 0) is 43.2 Å². The Bertz CT molecular complexity index is 502. The monoisotopic (exact) mass is 349 g/mol. The molecule has 0 spiro atoms. The number of halogens is 1. The van der Waals surface area contributed by atoms with E-state index in [0.717, 1.165) is 37.6 Å². The third-order valence-electron chi connectivity index (χ3n) is 5.03. The lowest BCUT2D eigenvalue weighted by molar-refractivity contribution is -0.137. The van der Waals surface area contributed by atoms with Crippen LogP contribution < -0.4 is 0 Å². The third-order valence-corrected chi connectivity index (χ3v) is 5.78. The van der Waals surface area contributed by atoms with Crippen LogP contribution in [-0.2, 0) is 17.6 Å². The van der Waals surface area contributed by atoms with Crippen LogP contribution >= 0.6 is 15.9 Å². The first kappa shape index (κ1) is 15.1. The first-order valence-corrected chi connectivity index (χ1v) is 9.35. The van der Waals surface area contributed by atoms with Crippen LogP contribution in [0.3, 0.4) is 0 Å². The highest BCUT2D eigenvalue weighted by Crippen LogP contribution is 2.29. The van der Waals surface area contributed by atoms with Crippen molar-refractivity contribution < 1.29 is 4.79 Å². The van der Waals surface area contributed by atoms with Crippen molar-refractivity contribution in [3.63, 3.8) is 0 Å². The normalized spacial score (nSPS) is 26.0. The first-order chi connectivity index (χ1) is 10.3. The van der Waals surface area contributed by atoms with Gasteiger partial charge in [0, 0.05) is 23.8 Å². The van der Waals surface area contributed by atoms with Gasteiger partial charge in [0.2, 0.25) is 5.91 Å². The summed E-state index contributed by atoms with van der Waals surface area (Å²) in [6.07, 6.45) is 7.84. The minimum Gasteiger partial charge on any atom is -0.339 e. The number of hydrogen-bond donors (Lipinski definition) is 0. The van der Waals surface area contributed by atoms with Gasteiger partial charge in [-0.3, -0.25) is 4.79 Å². The van der Waals surface area contributed by atoms with Crippen molar-refractivity contribution in [2.24, 2.45) is 5.92 Å². The van der Waals surface area contributed by atoms with Crippen LogP contribution in [-0.4, -0.2) is 28.7 Å². The van der Waals surface area contributed by atoms with Gasteiger partial charge >= 0.3 is 0 Å². The molecule has 1 saturated heterocycles. The maximum Gasteiger partial charge on any atom is 0.226 e. The second kappa shape index (κ2) is 6.95. The van der Waals surface area contributed by atoms with Crippen molar-refractivity contribution in [1.29, 1.82) is 0 Å². The van der Waals surface area contributed by atoms with Crippen LogP contribution in [0.5, 0.6) is 0 Å². The summed E-state index contributed by atoms with van der Waals surface area (Å²) in [6, 6.07) is 9.01. The van der Waals surface area contributed by atoms with E-state index in [4.69, 9.17) is 0 Å². The van der Waals surface area contributed by atoms with Crippen molar-refractivity contribution in [3.8, 4) is 0 Å². The smallest absolute Gasteiger partial charge is 0.226 e. The zero-order valence-corrected chi connectivity index (χ0v) is 14.1. The zero-order chi connectivity index (χ0) is 14.7. The number of hydrogen-bond acceptors (Lipinski definition) is 1. The molecule has 1 aliphatic carbocycles. The van der Waals surface area contributed by atoms with Gasteiger partial charge in [-0.2, -0.15) is 0 Å². The summed E-state index contributed by atoms with van der Waals surface area (Å²) >= 11 is 3.61. The Morgan fingerprint density at radius 1 is 1.14 bits per heavy atom. The van der Waals surface area contributed by atoms with Crippen molar-refractivity contribution >= 4 is 21.8 Å².